The number of ketones is 1. The summed E-state index contributed by atoms with van der Waals surface area (Å²) >= 11 is 0. The number of Topliss-reactive ketones (excluding diaryl/α,β-unsaturated/α-hetero) is 1. The Kier molecular flexibility index (Phi) is 3.90. The van der Waals surface area contributed by atoms with E-state index >= 15 is 0 Å². The van der Waals surface area contributed by atoms with Gasteiger partial charge in [0, 0.05) is 44.1 Å². The van der Waals surface area contributed by atoms with Crippen LogP contribution >= 0.6 is 0 Å². The van der Waals surface area contributed by atoms with Gasteiger partial charge < -0.3 is 10.3 Å². The van der Waals surface area contributed by atoms with Gasteiger partial charge in [0.2, 0.25) is 0 Å². The zero-order chi connectivity index (χ0) is 13.8. The van der Waals surface area contributed by atoms with Gasteiger partial charge in [0.15, 0.2) is 5.78 Å². The molecule has 0 bridgehead atoms. The number of nitrogens with one attached hydrogen (secondary N) is 2. The van der Waals surface area contributed by atoms with Crippen LogP contribution in [-0.4, -0.2) is 46.8 Å². The van der Waals surface area contributed by atoms with Gasteiger partial charge in [-0.25, -0.2) is 4.98 Å². The van der Waals surface area contributed by atoms with Crippen molar-refractivity contribution in [2.75, 3.05) is 26.2 Å². The van der Waals surface area contributed by atoms with Crippen LogP contribution in [0.3, 0.4) is 0 Å². The maximum atomic E-state index is 12.8. The average Bonchev–Trinajstić information content (AvgIpc) is 3.03. The van der Waals surface area contributed by atoms with E-state index in [0.29, 0.717) is 0 Å². The fraction of sp³-hybridized carbons (Fsp3) is 0.333. The molecule has 1 atom stereocenters. The summed E-state index contributed by atoms with van der Waals surface area (Å²) in [5, 5.41) is 3.31. The van der Waals surface area contributed by atoms with E-state index in [2.05, 4.69) is 20.2 Å². The number of imidazole rings is 1. The van der Waals surface area contributed by atoms with Gasteiger partial charge in [0.25, 0.3) is 0 Å². The number of H-pyrrole nitrogens is 1. The molecule has 0 saturated carbocycles. The Hall–Kier alpha value is -1.98. The minimum atomic E-state index is -0.325. The van der Waals surface area contributed by atoms with Crippen LogP contribution in [0.15, 0.2) is 42.7 Å². The van der Waals surface area contributed by atoms with E-state index in [1.807, 2.05) is 30.3 Å². The molecule has 104 valence electrons. The highest BCUT2D eigenvalue weighted by molar-refractivity contribution is 6.00. The number of aromatic amines is 1. The van der Waals surface area contributed by atoms with Crippen LogP contribution in [0.4, 0.5) is 0 Å². The Labute approximate surface area is 118 Å². The van der Waals surface area contributed by atoms with Gasteiger partial charge in [-0.1, -0.05) is 30.3 Å². The summed E-state index contributed by atoms with van der Waals surface area (Å²) in [5.74, 6) is 0.822. The minimum absolute atomic E-state index is 0.0995. The third-order valence-corrected chi connectivity index (χ3v) is 3.60. The lowest BCUT2D eigenvalue weighted by molar-refractivity contribution is 0.0784. The van der Waals surface area contributed by atoms with Crippen LogP contribution < -0.4 is 5.32 Å². The normalized spacial score (nSPS) is 17.8. The molecule has 2 aromatic rings. The predicted octanol–water partition coefficient (Wildman–Crippen LogP) is 1.24. The number of carbonyl (C=O) groups is 1. The fourth-order valence-corrected chi connectivity index (χ4v) is 2.59. The van der Waals surface area contributed by atoms with Gasteiger partial charge in [0.05, 0.1) is 0 Å². The van der Waals surface area contributed by atoms with E-state index in [-0.39, 0.29) is 11.8 Å². The zero-order valence-corrected chi connectivity index (χ0v) is 11.2. The Balaban J connectivity index is 1.91. The van der Waals surface area contributed by atoms with Gasteiger partial charge in [0.1, 0.15) is 11.9 Å². The Morgan fingerprint density at radius 2 is 1.95 bits per heavy atom. The maximum absolute atomic E-state index is 12.8. The third kappa shape index (κ3) is 2.64. The van der Waals surface area contributed by atoms with Gasteiger partial charge in [-0.3, -0.25) is 9.69 Å². The number of carbonyl (C=O) groups excluding carboxylic acids is 1. The smallest absolute Gasteiger partial charge is 0.187 e. The molecule has 0 aliphatic carbocycles. The van der Waals surface area contributed by atoms with Crippen LogP contribution in [-0.2, 0) is 0 Å². The molecule has 20 heavy (non-hydrogen) atoms. The second-order valence-corrected chi connectivity index (χ2v) is 4.89. The Morgan fingerprint density at radius 1 is 1.20 bits per heavy atom. The molecule has 1 fully saturated rings. The van der Waals surface area contributed by atoms with Crippen molar-refractivity contribution in [2.45, 2.75) is 6.04 Å². The molecule has 0 amide bonds. The Morgan fingerprint density at radius 3 is 2.60 bits per heavy atom. The largest absolute Gasteiger partial charge is 0.347 e. The first-order valence-electron chi connectivity index (χ1n) is 6.89. The lowest BCUT2D eigenvalue weighted by atomic mass is 10.0. The van der Waals surface area contributed by atoms with Crippen molar-refractivity contribution in [1.82, 2.24) is 20.2 Å². The third-order valence-electron chi connectivity index (χ3n) is 3.60. The van der Waals surface area contributed by atoms with Crippen molar-refractivity contribution in [3.63, 3.8) is 0 Å². The van der Waals surface area contributed by atoms with Crippen LogP contribution in [0.25, 0.3) is 0 Å². The highest BCUT2D eigenvalue weighted by Crippen LogP contribution is 2.22. The first kappa shape index (κ1) is 13.0. The van der Waals surface area contributed by atoms with E-state index < -0.39 is 0 Å². The van der Waals surface area contributed by atoms with Crippen LogP contribution in [0.5, 0.6) is 0 Å². The molecule has 1 aromatic heterocycles. The number of rotatable bonds is 4. The molecule has 2 N–H and O–H groups in total. The first-order chi connectivity index (χ1) is 9.86. The Bertz CT molecular complexity index is 547. The number of hydrogen-bond acceptors (Lipinski definition) is 4. The molecule has 3 rings (SSSR count). The molecule has 1 saturated heterocycles. The number of benzene rings is 1. The molecular formula is C15H18N4O. The van der Waals surface area contributed by atoms with Crippen molar-refractivity contribution in [2.24, 2.45) is 0 Å². The molecule has 1 aromatic carbocycles. The quantitative estimate of drug-likeness (QED) is 0.821. The van der Waals surface area contributed by atoms with Crippen LogP contribution in [0, 0.1) is 0 Å². The first-order valence-corrected chi connectivity index (χ1v) is 6.89. The highest BCUT2D eigenvalue weighted by Gasteiger charge is 2.31. The van der Waals surface area contributed by atoms with Crippen LogP contribution in [0.2, 0.25) is 0 Å². The van der Waals surface area contributed by atoms with E-state index in [4.69, 9.17) is 0 Å². The second-order valence-electron chi connectivity index (χ2n) is 4.89. The van der Waals surface area contributed by atoms with Crippen molar-refractivity contribution < 1.29 is 4.79 Å². The summed E-state index contributed by atoms with van der Waals surface area (Å²) in [7, 11) is 0. The number of piperazine rings is 1. The minimum Gasteiger partial charge on any atom is -0.347 e. The summed E-state index contributed by atoms with van der Waals surface area (Å²) < 4.78 is 0. The van der Waals surface area contributed by atoms with E-state index in [1.165, 1.54) is 0 Å². The van der Waals surface area contributed by atoms with Gasteiger partial charge in [-0.2, -0.15) is 0 Å². The number of aromatic nitrogens is 2. The van der Waals surface area contributed by atoms with Gasteiger partial charge in [-0.05, 0) is 0 Å². The van der Waals surface area contributed by atoms with E-state index in [9.17, 15) is 4.79 Å². The van der Waals surface area contributed by atoms with Crippen molar-refractivity contribution in [1.29, 1.82) is 0 Å². The SMILES string of the molecule is O=C(c1ccccc1)C(c1ncc[nH]1)N1CCNCC1. The van der Waals surface area contributed by atoms with Gasteiger partial charge >= 0.3 is 0 Å². The molecule has 5 heteroatoms. The van der Waals surface area contributed by atoms with Crippen molar-refractivity contribution >= 4 is 5.78 Å². The lowest BCUT2D eigenvalue weighted by Gasteiger charge is -2.32. The lowest BCUT2D eigenvalue weighted by Crippen LogP contribution is -2.47. The average molecular weight is 270 g/mol. The van der Waals surface area contributed by atoms with Gasteiger partial charge in [-0.15, -0.1) is 0 Å². The fourth-order valence-electron chi connectivity index (χ4n) is 2.59. The summed E-state index contributed by atoms with van der Waals surface area (Å²) in [5.41, 5.74) is 0.729. The molecule has 0 spiro atoms. The standard InChI is InChI=1S/C15H18N4O/c20-14(12-4-2-1-3-5-12)13(15-17-6-7-18-15)19-10-8-16-9-11-19/h1-7,13,16H,8-11H2,(H,17,18). The van der Waals surface area contributed by atoms with E-state index in [0.717, 1.165) is 37.6 Å². The summed E-state index contributed by atoms with van der Waals surface area (Å²) in [6, 6.07) is 9.10. The van der Waals surface area contributed by atoms with E-state index in [1.54, 1.807) is 12.4 Å². The predicted molar refractivity (Wildman–Crippen MR) is 76.5 cm³/mol. The topological polar surface area (TPSA) is 61.0 Å². The molecule has 1 aliphatic rings. The summed E-state index contributed by atoms with van der Waals surface area (Å²) in [6.45, 7) is 3.51. The van der Waals surface area contributed by atoms with Crippen LogP contribution in [0.1, 0.15) is 22.2 Å². The molecule has 1 aliphatic heterocycles. The van der Waals surface area contributed by atoms with Crippen molar-refractivity contribution in [3.05, 3.63) is 54.1 Å². The highest BCUT2D eigenvalue weighted by atomic mass is 16.1. The zero-order valence-electron chi connectivity index (χ0n) is 11.2. The maximum Gasteiger partial charge on any atom is 0.187 e. The summed E-state index contributed by atoms with van der Waals surface area (Å²) in [4.78, 5) is 22.4. The second kappa shape index (κ2) is 5.98. The number of nitrogens with zero attached hydrogens (tertiary/aromatic N) is 2. The van der Waals surface area contributed by atoms with Crippen molar-refractivity contribution in [3.8, 4) is 0 Å². The molecule has 0 radical (unpaired) electrons. The molecular weight excluding hydrogens is 252 g/mol. The monoisotopic (exact) mass is 270 g/mol. The number of hydrogen-bond donors (Lipinski definition) is 2. The molecule has 1 unspecified atom stereocenters. The summed E-state index contributed by atoms with van der Waals surface area (Å²) in [6.07, 6.45) is 3.46. The molecule has 2 heterocycles. The molecule has 5 nitrogen and oxygen atoms in total.